The fourth-order valence-corrected chi connectivity index (χ4v) is 5.17. The van der Waals surface area contributed by atoms with Crippen LogP contribution in [0.25, 0.3) is 6.08 Å². The molecule has 0 aromatic heterocycles. The molecule has 0 saturated heterocycles. The number of hydrogen-bond donors (Lipinski definition) is 4. The molecule has 0 bridgehead atoms. The van der Waals surface area contributed by atoms with Gasteiger partial charge in [-0.05, 0) is 73.5 Å². The zero-order valence-electron chi connectivity index (χ0n) is 23.7. The van der Waals surface area contributed by atoms with Crippen molar-refractivity contribution in [3.05, 3.63) is 131 Å². The van der Waals surface area contributed by atoms with Gasteiger partial charge < -0.3 is 21.1 Å². The van der Waals surface area contributed by atoms with Crippen LogP contribution in [0.1, 0.15) is 45.2 Å². The van der Waals surface area contributed by atoms with E-state index in [0.29, 0.717) is 23.4 Å². The summed E-state index contributed by atoms with van der Waals surface area (Å²) in [6.45, 7) is 3.83. The second-order valence-corrected chi connectivity index (χ2v) is 10.9. The molecule has 0 aliphatic rings. The normalized spacial score (nSPS) is 11.7. The lowest BCUT2D eigenvalue weighted by Gasteiger charge is -2.16. The molecule has 0 spiro atoms. The van der Waals surface area contributed by atoms with Gasteiger partial charge in [-0.15, -0.1) is 11.8 Å². The number of nitrogens with one attached hydrogen (secondary N) is 3. The molecule has 0 saturated carbocycles. The standard InChI is InChI=1S/C34H31N3O5S/c1-3-30(33(40)36-26-15-8-14-25(20-26)34(41)42)43-28-17-9-16-27(21-28)35-32(39)29(19-23-11-7-10-22(2)18-23)37-31(38)24-12-5-4-6-13-24/h4-21,30H,3H2,1-2H3,(H,35,39)(H,36,40)(H,37,38)(H,41,42)/b29-19+. The van der Waals surface area contributed by atoms with Gasteiger partial charge in [0.15, 0.2) is 0 Å². The van der Waals surface area contributed by atoms with Crippen molar-refractivity contribution in [3.63, 3.8) is 0 Å². The summed E-state index contributed by atoms with van der Waals surface area (Å²) < 4.78 is 0. The van der Waals surface area contributed by atoms with E-state index in [-0.39, 0.29) is 17.2 Å². The quantitative estimate of drug-likeness (QED) is 0.115. The van der Waals surface area contributed by atoms with E-state index in [0.717, 1.165) is 16.0 Å². The third kappa shape index (κ3) is 8.92. The van der Waals surface area contributed by atoms with Crippen LogP contribution < -0.4 is 16.0 Å². The number of anilines is 2. The molecule has 0 heterocycles. The Hall–Kier alpha value is -5.15. The largest absolute Gasteiger partial charge is 0.478 e. The summed E-state index contributed by atoms with van der Waals surface area (Å²) in [6.07, 6.45) is 2.14. The minimum absolute atomic E-state index is 0.0758. The maximum absolute atomic E-state index is 13.4. The predicted octanol–water partition coefficient (Wildman–Crippen LogP) is 6.61. The van der Waals surface area contributed by atoms with Gasteiger partial charge >= 0.3 is 5.97 Å². The van der Waals surface area contributed by atoms with Crippen LogP contribution in [-0.2, 0) is 9.59 Å². The van der Waals surface area contributed by atoms with E-state index in [9.17, 15) is 24.3 Å². The van der Waals surface area contributed by atoms with Gasteiger partial charge in [-0.25, -0.2) is 4.79 Å². The smallest absolute Gasteiger partial charge is 0.335 e. The second kappa shape index (κ2) is 14.7. The molecule has 0 aliphatic carbocycles. The van der Waals surface area contributed by atoms with Crippen LogP contribution in [0.5, 0.6) is 0 Å². The van der Waals surface area contributed by atoms with Crippen LogP contribution in [0, 0.1) is 6.92 Å². The Balaban J connectivity index is 1.49. The summed E-state index contributed by atoms with van der Waals surface area (Å²) in [7, 11) is 0. The Labute approximate surface area is 254 Å². The molecule has 4 aromatic rings. The van der Waals surface area contributed by atoms with Crippen LogP contribution in [0.2, 0.25) is 0 Å². The highest BCUT2D eigenvalue weighted by Crippen LogP contribution is 2.29. The highest BCUT2D eigenvalue weighted by atomic mass is 32.2. The Morgan fingerprint density at radius 3 is 2.16 bits per heavy atom. The molecule has 0 aliphatic heterocycles. The Kier molecular flexibility index (Phi) is 10.5. The van der Waals surface area contributed by atoms with Crippen molar-refractivity contribution >= 4 is 52.9 Å². The van der Waals surface area contributed by atoms with Gasteiger partial charge in [0.05, 0.1) is 10.8 Å². The van der Waals surface area contributed by atoms with Crippen LogP contribution in [0.15, 0.2) is 114 Å². The summed E-state index contributed by atoms with van der Waals surface area (Å²) in [5.41, 5.74) is 3.23. The first-order valence-corrected chi connectivity index (χ1v) is 14.5. The summed E-state index contributed by atoms with van der Waals surface area (Å²) in [5.74, 6) is -2.26. The zero-order chi connectivity index (χ0) is 30.8. The van der Waals surface area contributed by atoms with Crippen LogP contribution in [-0.4, -0.2) is 34.0 Å². The topological polar surface area (TPSA) is 125 Å². The Morgan fingerprint density at radius 1 is 0.791 bits per heavy atom. The van der Waals surface area contributed by atoms with Crippen molar-refractivity contribution in [1.29, 1.82) is 0 Å². The maximum atomic E-state index is 13.4. The van der Waals surface area contributed by atoms with E-state index in [1.807, 2.05) is 50.2 Å². The third-order valence-corrected chi connectivity index (χ3v) is 7.65. The van der Waals surface area contributed by atoms with Gasteiger partial charge in [-0.2, -0.15) is 0 Å². The molecule has 4 rings (SSSR count). The van der Waals surface area contributed by atoms with E-state index < -0.39 is 23.0 Å². The lowest BCUT2D eigenvalue weighted by atomic mass is 10.1. The number of thioether (sulfide) groups is 1. The predicted molar refractivity (Wildman–Crippen MR) is 170 cm³/mol. The molecular weight excluding hydrogens is 562 g/mol. The van der Waals surface area contributed by atoms with Gasteiger partial charge in [-0.1, -0.05) is 67.1 Å². The molecule has 3 amide bonds. The van der Waals surface area contributed by atoms with E-state index in [2.05, 4.69) is 16.0 Å². The average molecular weight is 594 g/mol. The van der Waals surface area contributed by atoms with Gasteiger partial charge in [0.2, 0.25) is 5.91 Å². The molecule has 1 atom stereocenters. The highest BCUT2D eigenvalue weighted by molar-refractivity contribution is 8.00. The van der Waals surface area contributed by atoms with E-state index in [4.69, 9.17) is 0 Å². The third-order valence-electron chi connectivity index (χ3n) is 6.29. The van der Waals surface area contributed by atoms with Gasteiger partial charge in [0.1, 0.15) is 5.70 Å². The van der Waals surface area contributed by atoms with Gasteiger partial charge in [0.25, 0.3) is 11.8 Å². The lowest BCUT2D eigenvalue weighted by Crippen LogP contribution is -2.30. The van der Waals surface area contributed by atoms with E-state index in [1.165, 1.54) is 23.9 Å². The van der Waals surface area contributed by atoms with Crippen molar-refractivity contribution in [3.8, 4) is 0 Å². The number of carboxylic acid groups (broad SMARTS) is 1. The van der Waals surface area contributed by atoms with Crippen molar-refractivity contribution in [2.24, 2.45) is 0 Å². The number of benzene rings is 4. The summed E-state index contributed by atoms with van der Waals surface area (Å²) in [4.78, 5) is 51.4. The summed E-state index contributed by atoms with van der Waals surface area (Å²) in [6, 6.07) is 29.4. The van der Waals surface area contributed by atoms with E-state index in [1.54, 1.807) is 60.7 Å². The molecule has 0 radical (unpaired) electrons. The second-order valence-electron chi connectivity index (χ2n) is 9.66. The number of hydrogen-bond acceptors (Lipinski definition) is 5. The fourth-order valence-electron chi connectivity index (χ4n) is 4.15. The number of aromatic carboxylic acids is 1. The zero-order valence-corrected chi connectivity index (χ0v) is 24.5. The molecule has 1 unspecified atom stereocenters. The van der Waals surface area contributed by atoms with Crippen LogP contribution in [0.4, 0.5) is 11.4 Å². The minimum Gasteiger partial charge on any atom is -0.478 e. The molecule has 9 heteroatoms. The number of carboxylic acids is 1. The Bertz CT molecular complexity index is 1670. The SMILES string of the molecule is CCC(Sc1cccc(NC(=O)/C(=C\c2cccc(C)c2)NC(=O)c2ccccc2)c1)C(=O)Nc1cccc(C(=O)O)c1. The molecule has 218 valence electrons. The molecule has 4 aromatic carbocycles. The molecule has 8 nitrogen and oxygen atoms in total. The first-order valence-electron chi connectivity index (χ1n) is 13.6. The average Bonchev–Trinajstić information content (AvgIpc) is 3.00. The Morgan fingerprint density at radius 2 is 1.47 bits per heavy atom. The lowest BCUT2D eigenvalue weighted by molar-refractivity contribution is -0.116. The monoisotopic (exact) mass is 593 g/mol. The van der Waals surface area contributed by atoms with Crippen molar-refractivity contribution in [1.82, 2.24) is 5.32 Å². The van der Waals surface area contributed by atoms with Gasteiger partial charge in [-0.3, -0.25) is 14.4 Å². The first kappa shape index (κ1) is 30.8. The molecule has 43 heavy (non-hydrogen) atoms. The van der Waals surface area contributed by atoms with Crippen LogP contribution >= 0.6 is 11.8 Å². The maximum Gasteiger partial charge on any atom is 0.335 e. The number of amides is 3. The van der Waals surface area contributed by atoms with Crippen molar-refractivity contribution < 1.29 is 24.3 Å². The van der Waals surface area contributed by atoms with Gasteiger partial charge in [0, 0.05) is 21.8 Å². The van der Waals surface area contributed by atoms with Crippen LogP contribution in [0.3, 0.4) is 0 Å². The molecule has 0 fully saturated rings. The number of rotatable bonds is 11. The van der Waals surface area contributed by atoms with Crippen molar-refractivity contribution in [2.45, 2.75) is 30.4 Å². The fraction of sp³-hybridized carbons (Fsp3) is 0.118. The number of aryl methyl sites for hydroxylation is 1. The summed E-state index contributed by atoms with van der Waals surface area (Å²) in [5, 5.41) is 17.1. The van der Waals surface area contributed by atoms with Crippen molar-refractivity contribution in [2.75, 3.05) is 10.6 Å². The van der Waals surface area contributed by atoms with E-state index >= 15 is 0 Å². The number of carbonyl (C=O) groups excluding carboxylic acids is 3. The molecular formula is C34H31N3O5S. The minimum atomic E-state index is -1.08. The summed E-state index contributed by atoms with van der Waals surface area (Å²) >= 11 is 1.32. The first-order chi connectivity index (χ1) is 20.7. The highest BCUT2D eigenvalue weighted by Gasteiger charge is 2.20. The number of carbonyl (C=O) groups is 4. The molecule has 4 N–H and O–H groups in total.